The fraction of sp³-hybridized carbons (Fsp3) is 0.542. The minimum atomic E-state index is -0.584. The Morgan fingerprint density at radius 3 is 0.774 bits per heavy atom. The number of urea groups is 3. The molecular formula is C72H120N12O9. The first-order valence-corrected chi connectivity index (χ1v) is 33.6. The molecule has 21 nitrogen and oxygen atoms in total. The number of Topliss-reactive ketones (excluding diaryl/α,β-unsaturated/α-hetero) is 6. The number of benzene rings is 3. The van der Waals surface area contributed by atoms with Gasteiger partial charge in [-0.3, -0.25) is 28.8 Å². The molecule has 93 heavy (non-hydrogen) atoms. The Labute approximate surface area is 556 Å². The van der Waals surface area contributed by atoms with Crippen molar-refractivity contribution < 1.29 is 43.2 Å². The van der Waals surface area contributed by atoms with Crippen molar-refractivity contribution in [2.24, 2.45) is 35.0 Å². The summed E-state index contributed by atoms with van der Waals surface area (Å²) in [6.45, 7) is 29.7. The molecule has 0 unspecified atom stereocenters. The van der Waals surface area contributed by atoms with E-state index in [0.717, 1.165) is 49.4 Å². The third-order valence-corrected chi connectivity index (χ3v) is 14.7. The molecular weight excluding hydrogens is 1180 g/mol. The van der Waals surface area contributed by atoms with Crippen molar-refractivity contribution in [3.63, 3.8) is 0 Å². The topological polar surface area (TPSA) is 351 Å². The van der Waals surface area contributed by atoms with Gasteiger partial charge in [-0.25, -0.2) is 14.4 Å². The first kappa shape index (κ1) is 89.2. The molecule has 0 radical (unpaired) electrons. The number of rotatable bonds is 33. The van der Waals surface area contributed by atoms with Crippen molar-refractivity contribution in [1.82, 2.24) is 46.9 Å². The van der Waals surface area contributed by atoms with Gasteiger partial charge in [-0.1, -0.05) is 138 Å². The zero-order valence-corrected chi connectivity index (χ0v) is 59.6. The minimum absolute atomic E-state index is 0.00984. The first-order chi connectivity index (χ1) is 44.8. The van der Waals surface area contributed by atoms with E-state index in [-0.39, 0.29) is 89.8 Å². The zero-order valence-electron chi connectivity index (χ0n) is 59.6. The number of H-pyrrole nitrogens is 3. The van der Waals surface area contributed by atoms with Crippen LogP contribution in [0.4, 0.5) is 14.4 Å². The van der Waals surface area contributed by atoms with Crippen LogP contribution in [0.2, 0.25) is 0 Å². The standard InChI is InChI=1S/3C20H28N4O3.6C2H6/c3*1-13(25)14(6-5-9-23-20(21)27)11-19(26)18(22-2)10-15-12-24-17-8-4-3-7-16(15)17;6*1-2/h3*3-4,7-8,12,14,18,22,24H,5-6,9-11H2,1-2H3,(H3,21,23,27);6*1-2H3/t14-,18+;2*14-,18-;;;;;;/m110....../s1. The lowest BCUT2D eigenvalue weighted by Crippen LogP contribution is -2.38. The zero-order chi connectivity index (χ0) is 71.4. The average molecular weight is 1300 g/mol. The van der Waals surface area contributed by atoms with Crippen molar-refractivity contribution >= 4 is 85.5 Å². The third-order valence-electron chi connectivity index (χ3n) is 14.7. The normalized spacial score (nSPS) is 11.9. The molecule has 0 aliphatic carbocycles. The highest BCUT2D eigenvalue weighted by molar-refractivity contribution is 5.93. The Balaban J connectivity index is -0.00000120. The van der Waals surface area contributed by atoms with Gasteiger partial charge in [-0.2, -0.15) is 0 Å². The summed E-state index contributed by atoms with van der Waals surface area (Å²) in [6.07, 6.45) is 11.5. The number of nitrogens with two attached hydrogens (primary N) is 3. The van der Waals surface area contributed by atoms with Crippen LogP contribution in [0.25, 0.3) is 32.7 Å². The number of likely N-dealkylation sites (N-methyl/N-ethyl adjacent to an activating group) is 3. The van der Waals surface area contributed by atoms with Crippen molar-refractivity contribution in [2.45, 2.75) is 199 Å². The molecule has 3 aromatic carbocycles. The number of nitrogens with one attached hydrogen (secondary N) is 9. The van der Waals surface area contributed by atoms with Gasteiger partial charge in [0.15, 0.2) is 17.3 Å². The van der Waals surface area contributed by atoms with Crippen molar-refractivity contribution in [3.8, 4) is 0 Å². The fourth-order valence-corrected chi connectivity index (χ4v) is 9.87. The van der Waals surface area contributed by atoms with E-state index in [1.54, 1.807) is 21.1 Å². The maximum absolute atomic E-state index is 12.8. The Morgan fingerprint density at radius 1 is 0.366 bits per heavy atom. The number of ketones is 6. The highest BCUT2D eigenvalue weighted by Gasteiger charge is 2.28. The second kappa shape index (κ2) is 54.5. The molecule has 0 aliphatic rings. The molecule has 6 aromatic rings. The van der Waals surface area contributed by atoms with Crippen LogP contribution >= 0.6 is 0 Å². The number of carbonyl (C=O) groups is 9. The number of primary amides is 3. The lowest BCUT2D eigenvalue weighted by molar-refractivity contribution is -0.128. The predicted molar refractivity (Wildman–Crippen MR) is 384 cm³/mol. The molecule has 21 heteroatoms. The molecule has 522 valence electrons. The van der Waals surface area contributed by atoms with E-state index in [1.165, 1.54) is 20.8 Å². The molecule has 6 amide bonds. The summed E-state index contributed by atoms with van der Waals surface area (Å²) in [5.74, 6) is -0.997. The second-order valence-electron chi connectivity index (χ2n) is 20.4. The van der Waals surface area contributed by atoms with Crippen LogP contribution in [0.5, 0.6) is 0 Å². The predicted octanol–water partition coefficient (Wildman–Crippen LogP) is 11.9. The number of fused-ring (bicyclic) bond motifs is 3. The van der Waals surface area contributed by atoms with Crippen molar-refractivity contribution in [2.75, 3.05) is 40.8 Å². The SMILES string of the molecule is CC.CC.CC.CC.CC.CC.CN[C@@H](Cc1c[nH]c2ccccc12)C(=O)C[C@@H](CCCNC(N)=O)C(C)=O.CN[C@@H](Cc1c[nH]c2ccccc12)C(=O)C[C@H](CCCNC(N)=O)C(C)=O.CN[C@H](Cc1c[nH]c2ccccc12)C(=O)C[C@@H](CCCNC(N)=O)C(C)=O. The Bertz CT molecular complexity index is 2720. The van der Waals surface area contributed by atoms with Gasteiger partial charge >= 0.3 is 18.1 Å². The molecule has 6 atom stereocenters. The Kier molecular flexibility index (Phi) is 52.3. The van der Waals surface area contributed by atoms with Gasteiger partial charge < -0.3 is 64.1 Å². The number of para-hydroxylation sites is 3. The molecule has 0 aliphatic heterocycles. The number of aromatic nitrogens is 3. The van der Waals surface area contributed by atoms with E-state index in [0.29, 0.717) is 77.4 Å². The molecule has 3 heterocycles. The van der Waals surface area contributed by atoms with Gasteiger partial charge in [-0.05, 0) is 135 Å². The number of amides is 6. The second-order valence-corrected chi connectivity index (χ2v) is 20.4. The first-order valence-electron chi connectivity index (χ1n) is 33.6. The Morgan fingerprint density at radius 2 is 0.581 bits per heavy atom. The molecule has 15 N–H and O–H groups in total. The monoisotopic (exact) mass is 1300 g/mol. The van der Waals surface area contributed by atoms with Crippen molar-refractivity contribution in [1.29, 1.82) is 0 Å². The van der Waals surface area contributed by atoms with E-state index in [4.69, 9.17) is 17.2 Å². The summed E-state index contributed by atoms with van der Waals surface area (Å²) >= 11 is 0. The molecule has 3 aromatic heterocycles. The van der Waals surface area contributed by atoms with E-state index in [1.807, 2.05) is 174 Å². The highest BCUT2D eigenvalue weighted by atomic mass is 16.2. The number of hydrogen-bond acceptors (Lipinski definition) is 12. The quantitative estimate of drug-likeness (QED) is 0.0171. The summed E-state index contributed by atoms with van der Waals surface area (Å²) in [5.41, 5.74) is 21.4. The molecule has 0 spiro atoms. The minimum Gasteiger partial charge on any atom is -0.361 e. The van der Waals surface area contributed by atoms with Crippen molar-refractivity contribution in [3.05, 3.63) is 108 Å². The van der Waals surface area contributed by atoms with Gasteiger partial charge in [-0.15, -0.1) is 0 Å². The van der Waals surface area contributed by atoms with Crippen LogP contribution in [0.15, 0.2) is 91.4 Å². The van der Waals surface area contributed by atoms with E-state index in [9.17, 15) is 43.2 Å². The van der Waals surface area contributed by atoms with Crippen LogP contribution in [0.1, 0.15) is 178 Å². The molecule has 0 saturated carbocycles. The van der Waals surface area contributed by atoms with Crippen LogP contribution < -0.4 is 49.1 Å². The summed E-state index contributed by atoms with van der Waals surface area (Å²) in [6, 6.07) is 21.1. The van der Waals surface area contributed by atoms with E-state index in [2.05, 4.69) is 46.9 Å². The third kappa shape index (κ3) is 35.0. The van der Waals surface area contributed by atoms with Crippen LogP contribution in [-0.2, 0) is 48.0 Å². The summed E-state index contributed by atoms with van der Waals surface area (Å²) in [4.78, 5) is 116. The lowest BCUT2D eigenvalue weighted by atomic mass is 9.89. The van der Waals surface area contributed by atoms with E-state index < -0.39 is 18.1 Å². The summed E-state index contributed by atoms with van der Waals surface area (Å²) in [7, 11) is 5.28. The number of carbonyl (C=O) groups excluding carboxylic acids is 9. The van der Waals surface area contributed by atoms with Gasteiger partial charge in [0.1, 0.15) is 17.3 Å². The molecule has 0 bridgehead atoms. The largest absolute Gasteiger partial charge is 0.361 e. The lowest BCUT2D eigenvalue weighted by Gasteiger charge is -2.19. The van der Waals surface area contributed by atoms with Gasteiger partial charge in [0.05, 0.1) is 18.1 Å². The highest BCUT2D eigenvalue weighted by Crippen LogP contribution is 2.25. The Hall–Kier alpha value is -8.01. The fourth-order valence-electron chi connectivity index (χ4n) is 9.87. The maximum atomic E-state index is 12.8. The van der Waals surface area contributed by atoms with Crippen LogP contribution in [0.3, 0.4) is 0 Å². The van der Waals surface area contributed by atoms with Crippen LogP contribution in [-0.4, -0.2) is 127 Å². The smallest absolute Gasteiger partial charge is 0.312 e. The number of aromatic amines is 3. The van der Waals surface area contributed by atoms with Gasteiger partial charge in [0.2, 0.25) is 0 Å². The summed E-state index contributed by atoms with van der Waals surface area (Å²) < 4.78 is 0. The molecule has 0 fully saturated rings. The van der Waals surface area contributed by atoms with Gasteiger partial charge in [0, 0.05) is 108 Å². The molecule has 0 saturated heterocycles. The molecule has 6 rings (SSSR count). The van der Waals surface area contributed by atoms with Crippen LogP contribution in [0, 0.1) is 17.8 Å². The number of hydrogen-bond donors (Lipinski definition) is 12. The average Bonchev–Trinajstić information content (AvgIpc) is 1.79. The summed E-state index contributed by atoms with van der Waals surface area (Å²) in [5, 5.41) is 20.1. The van der Waals surface area contributed by atoms with E-state index >= 15 is 0 Å². The maximum Gasteiger partial charge on any atom is 0.312 e. The van der Waals surface area contributed by atoms with Gasteiger partial charge in [0.25, 0.3) is 0 Å².